The van der Waals surface area contributed by atoms with Crippen LogP contribution in [0.15, 0.2) is 12.4 Å². The molecule has 0 bridgehead atoms. The second-order valence-corrected chi connectivity index (χ2v) is 0.660. The Hall–Kier alpha value is -0.860. The molecule has 0 aliphatic rings. The lowest BCUT2D eigenvalue weighted by Gasteiger charge is -1.46. The van der Waals surface area contributed by atoms with Crippen molar-refractivity contribution in [2.45, 2.75) is 7.43 Å². The van der Waals surface area contributed by atoms with E-state index in [0.29, 0.717) is 0 Å². The summed E-state index contributed by atoms with van der Waals surface area (Å²) in [5, 5.41) is 9.26. The molecule has 0 amide bonds. The van der Waals surface area contributed by atoms with Crippen LogP contribution in [0.25, 0.3) is 0 Å². The largest absolute Gasteiger partial charge is 0.266 e. The van der Waals surface area contributed by atoms with Crippen LogP contribution in [0.5, 0.6) is 0 Å². The van der Waals surface area contributed by atoms with Gasteiger partial charge in [0, 0.05) is 6.20 Å². The maximum absolute atomic E-state index is 3.42. The van der Waals surface area contributed by atoms with Crippen molar-refractivity contribution < 1.29 is 0 Å². The third-order valence-corrected chi connectivity index (χ3v) is 0.331. The zero-order valence-electron chi connectivity index (χ0n) is 2.55. The fourth-order valence-corrected chi connectivity index (χ4v) is 0.167. The number of aromatic nitrogens is 3. The van der Waals surface area contributed by atoms with E-state index in [1.807, 2.05) is 0 Å². The minimum atomic E-state index is 0. The Morgan fingerprint density at radius 1 is 1.50 bits per heavy atom. The van der Waals surface area contributed by atoms with Gasteiger partial charge < -0.3 is 0 Å². The molecule has 0 atom stereocenters. The number of hydrogen-bond donors (Lipinski definition) is 1. The standard InChI is InChI=1S/C2H3N3.CH4/c1-2-4-5-3-1;/h1-2H,(H,3,4,5);1H4. The molecule has 1 N–H and O–H groups in total. The quantitative estimate of drug-likeness (QED) is 0.496. The number of aromatic amines is 1. The van der Waals surface area contributed by atoms with Crippen LogP contribution in [0.1, 0.15) is 7.43 Å². The number of hydrogen-bond acceptors (Lipinski definition) is 2. The Kier molecular flexibility index (Phi) is 2.04. The zero-order chi connectivity index (χ0) is 3.54. The Balaban J connectivity index is 0.000000250. The van der Waals surface area contributed by atoms with Crippen molar-refractivity contribution in [3.63, 3.8) is 0 Å². The lowest BCUT2D eigenvalue weighted by atomic mass is 11.0. The number of nitrogens with one attached hydrogen (secondary N) is 1. The molecule has 1 aromatic rings. The third-order valence-electron chi connectivity index (χ3n) is 0.331. The van der Waals surface area contributed by atoms with Crippen molar-refractivity contribution in [1.82, 2.24) is 15.4 Å². The molecular weight excluding hydrogens is 78.1 g/mol. The van der Waals surface area contributed by atoms with E-state index < -0.39 is 0 Å². The lowest BCUT2D eigenvalue weighted by molar-refractivity contribution is 0.940. The van der Waals surface area contributed by atoms with Gasteiger partial charge in [0.2, 0.25) is 0 Å². The van der Waals surface area contributed by atoms with E-state index in [9.17, 15) is 0 Å². The van der Waals surface area contributed by atoms with Gasteiger partial charge in [-0.15, -0.1) is 5.10 Å². The van der Waals surface area contributed by atoms with Crippen molar-refractivity contribution in [3.8, 4) is 0 Å². The van der Waals surface area contributed by atoms with Crippen LogP contribution in [0, 0.1) is 0 Å². The van der Waals surface area contributed by atoms with E-state index >= 15 is 0 Å². The van der Waals surface area contributed by atoms with E-state index in [2.05, 4.69) is 15.4 Å². The molecule has 0 unspecified atom stereocenters. The summed E-state index contributed by atoms with van der Waals surface area (Å²) >= 11 is 0. The molecule has 3 nitrogen and oxygen atoms in total. The van der Waals surface area contributed by atoms with Crippen LogP contribution in [0.3, 0.4) is 0 Å². The topological polar surface area (TPSA) is 41.6 Å². The highest BCUT2D eigenvalue weighted by atomic mass is 15.3. The van der Waals surface area contributed by atoms with E-state index in [0.717, 1.165) is 0 Å². The summed E-state index contributed by atoms with van der Waals surface area (Å²) in [6.45, 7) is 0. The average Bonchev–Trinajstić information content (AvgIpc) is 1.76. The average molecular weight is 85.1 g/mol. The lowest BCUT2D eigenvalue weighted by Crippen LogP contribution is -1.61. The van der Waals surface area contributed by atoms with Crippen molar-refractivity contribution in [2.24, 2.45) is 0 Å². The van der Waals surface area contributed by atoms with E-state index in [4.69, 9.17) is 0 Å². The van der Waals surface area contributed by atoms with Gasteiger partial charge >= 0.3 is 0 Å². The van der Waals surface area contributed by atoms with Gasteiger partial charge in [0.15, 0.2) is 0 Å². The van der Waals surface area contributed by atoms with Gasteiger partial charge in [-0.3, -0.25) is 5.10 Å². The highest BCUT2D eigenvalue weighted by Crippen LogP contribution is 1.55. The van der Waals surface area contributed by atoms with Crippen LogP contribution < -0.4 is 0 Å². The molecule has 0 aliphatic carbocycles. The van der Waals surface area contributed by atoms with E-state index in [-0.39, 0.29) is 7.43 Å². The number of rotatable bonds is 0. The van der Waals surface area contributed by atoms with Crippen molar-refractivity contribution in [3.05, 3.63) is 12.4 Å². The predicted octanol–water partition coefficient (Wildman–Crippen LogP) is 0.441. The normalized spacial score (nSPS) is 6.67. The highest BCUT2D eigenvalue weighted by molar-refractivity contribution is 4.54. The molecule has 0 aliphatic heterocycles. The zero-order valence-corrected chi connectivity index (χ0v) is 2.55. The van der Waals surface area contributed by atoms with Gasteiger partial charge in [-0.25, -0.2) is 0 Å². The van der Waals surface area contributed by atoms with Crippen LogP contribution >= 0.6 is 0 Å². The van der Waals surface area contributed by atoms with E-state index in [1.165, 1.54) is 0 Å². The molecule has 0 radical (unpaired) electrons. The Bertz CT molecular complexity index is 62.5. The second-order valence-electron chi connectivity index (χ2n) is 0.660. The van der Waals surface area contributed by atoms with Crippen molar-refractivity contribution >= 4 is 0 Å². The van der Waals surface area contributed by atoms with Gasteiger partial charge in [0.25, 0.3) is 0 Å². The molecule has 6 heavy (non-hydrogen) atoms. The molecule has 3 heteroatoms. The fourth-order valence-electron chi connectivity index (χ4n) is 0.167. The Morgan fingerprint density at radius 3 is 2.50 bits per heavy atom. The van der Waals surface area contributed by atoms with E-state index in [1.54, 1.807) is 12.4 Å². The Labute approximate surface area is 36.4 Å². The van der Waals surface area contributed by atoms with Crippen molar-refractivity contribution in [1.29, 1.82) is 0 Å². The van der Waals surface area contributed by atoms with Crippen LogP contribution in [0.4, 0.5) is 0 Å². The number of H-pyrrole nitrogens is 1. The Morgan fingerprint density at radius 2 is 2.33 bits per heavy atom. The molecule has 1 rings (SSSR count). The summed E-state index contributed by atoms with van der Waals surface area (Å²) in [6, 6.07) is 0. The van der Waals surface area contributed by atoms with Crippen LogP contribution in [0.2, 0.25) is 0 Å². The van der Waals surface area contributed by atoms with Gasteiger partial charge in [-0.05, 0) is 0 Å². The summed E-state index contributed by atoms with van der Waals surface area (Å²) in [6.07, 6.45) is 3.24. The summed E-state index contributed by atoms with van der Waals surface area (Å²) < 4.78 is 0. The molecule has 0 saturated heterocycles. The highest BCUT2D eigenvalue weighted by Gasteiger charge is 1.57. The summed E-state index contributed by atoms with van der Waals surface area (Å²) in [5.41, 5.74) is 0. The molecule has 0 saturated carbocycles. The molecule has 0 fully saturated rings. The smallest absolute Gasteiger partial charge is 0.0690 e. The summed E-state index contributed by atoms with van der Waals surface area (Å²) in [4.78, 5) is 0. The first-order valence-corrected chi connectivity index (χ1v) is 1.30. The monoisotopic (exact) mass is 85.1 g/mol. The van der Waals surface area contributed by atoms with Gasteiger partial charge in [0.05, 0.1) is 6.20 Å². The summed E-state index contributed by atoms with van der Waals surface area (Å²) in [5.74, 6) is 0. The fraction of sp³-hybridized carbons (Fsp3) is 0.333. The first-order chi connectivity index (χ1) is 2.50. The molecule has 1 aromatic heterocycles. The predicted molar refractivity (Wildman–Crippen MR) is 23.1 cm³/mol. The molecule has 0 spiro atoms. The first-order valence-electron chi connectivity index (χ1n) is 1.30. The summed E-state index contributed by atoms with van der Waals surface area (Å²) in [7, 11) is 0. The second kappa shape index (κ2) is 2.38. The maximum Gasteiger partial charge on any atom is 0.0690 e. The first kappa shape index (κ1) is 5.14. The van der Waals surface area contributed by atoms with Crippen molar-refractivity contribution in [2.75, 3.05) is 0 Å². The third kappa shape index (κ3) is 0.839. The SMILES string of the molecule is C.c1c[nH]nn1. The molecule has 34 valence electrons. The molecule has 1 heterocycles. The molecular formula is C3H7N3. The van der Waals surface area contributed by atoms with Gasteiger partial charge in [-0.1, -0.05) is 12.6 Å². The maximum atomic E-state index is 3.42. The molecule has 0 aromatic carbocycles. The minimum Gasteiger partial charge on any atom is -0.266 e. The van der Waals surface area contributed by atoms with Crippen LogP contribution in [-0.4, -0.2) is 15.4 Å². The van der Waals surface area contributed by atoms with Crippen LogP contribution in [-0.2, 0) is 0 Å². The van der Waals surface area contributed by atoms with Gasteiger partial charge in [0.1, 0.15) is 0 Å². The number of nitrogens with zero attached hydrogens (tertiary/aromatic N) is 2. The van der Waals surface area contributed by atoms with Gasteiger partial charge in [-0.2, -0.15) is 0 Å². The minimum absolute atomic E-state index is 0.